The monoisotopic (exact) mass is 347 g/mol. The summed E-state index contributed by atoms with van der Waals surface area (Å²) in [6.07, 6.45) is 3.78. The van der Waals surface area contributed by atoms with Gasteiger partial charge in [-0.05, 0) is 29.2 Å². The highest BCUT2D eigenvalue weighted by Gasteiger charge is 2.19. The number of imidazole rings is 2. The van der Waals surface area contributed by atoms with Crippen molar-refractivity contribution in [2.45, 2.75) is 52.4 Å². The standard InChI is InChI=1S/C21H25N5/c1-20(2,3)13-7-12(10-22-11-13)18-23-14-8-16-17(9-15(14)24-18)26-19(25-16)21(4,5)6/h7-11H,1-6H3,(H,23,24)(H,25,26). The van der Waals surface area contributed by atoms with Gasteiger partial charge in [-0.3, -0.25) is 4.98 Å². The molecule has 0 saturated heterocycles. The maximum absolute atomic E-state index is 4.78. The predicted octanol–water partition coefficient (Wildman–Crippen LogP) is 5.10. The van der Waals surface area contributed by atoms with E-state index in [1.807, 2.05) is 18.5 Å². The average Bonchev–Trinajstić information content (AvgIpc) is 3.14. The summed E-state index contributed by atoms with van der Waals surface area (Å²) in [5, 5.41) is 0. The van der Waals surface area contributed by atoms with Gasteiger partial charge in [0.25, 0.3) is 0 Å². The molecule has 3 heterocycles. The molecule has 5 heteroatoms. The van der Waals surface area contributed by atoms with Gasteiger partial charge in [0.15, 0.2) is 0 Å². The lowest BCUT2D eigenvalue weighted by molar-refractivity contribution is 0.554. The number of benzene rings is 1. The molecule has 0 amide bonds. The minimum atomic E-state index is -0.00954. The summed E-state index contributed by atoms with van der Waals surface area (Å²) in [5.74, 6) is 1.82. The van der Waals surface area contributed by atoms with Crippen LogP contribution in [0.3, 0.4) is 0 Å². The number of rotatable bonds is 1. The Balaban J connectivity index is 1.81. The van der Waals surface area contributed by atoms with Crippen molar-refractivity contribution in [3.63, 3.8) is 0 Å². The van der Waals surface area contributed by atoms with Gasteiger partial charge in [0, 0.05) is 23.4 Å². The highest BCUT2D eigenvalue weighted by Crippen LogP contribution is 2.29. The third kappa shape index (κ3) is 2.87. The van der Waals surface area contributed by atoms with Crippen LogP contribution in [0, 0.1) is 0 Å². The number of aromatic amines is 2. The van der Waals surface area contributed by atoms with Gasteiger partial charge in [-0.2, -0.15) is 0 Å². The number of aromatic nitrogens is 5. The van der Waals surface area contributed by atoms with Gasteiger partial charge < -0.3 is 9.97 Å². The Hall–Kier alpha value is -2.69. The Kier molecular flexibility index (Phi) is 3.48. The van der Waals surface area contributed by atoms with Crippen molar-refractivity contribution in [2.24, 2.45) is 0 Å². The molecule has 1 aromatic carbocycles. The summed E-state index contributed by atoms with van der Waals surface area (Å²) in [7, 11) is 0. The Bertz CT molecular complexity index is 1050. The summed E-state index contributed by atoms with van der Waals surface area (Å²) in [6, 6.07) is 6.29. The zero-order valence-corrected chi connectivity index (χ0v) is 16.2. The molecule has 0 bridgehead atoms. The van der Waals surface area contributed by atoms with E-state index in [1.54, 1.807) is 0 Å². The first-order valence-electron chi connectivity index (χ1n) is 8.97. The number of fused-ring (bicyclic) bond motifs is 2. The van der Waals surface area contributed by atoms with E-state index in [-0.39, 0.29) is 10.8 Å². The smallest absolute Gasteiger partial charge is 0.140 e. The predicted molar refractivity (Wildman–Crippen MR) is 106 cm³/mol. The van der Waals surface area contributed by atoms with Crippen LogP contribution in [0.1, 0.15) is 52.9 Å². The number of nitrogens with one attached hydrogen (secondary N) is 2. The first-order chi connectivity index (χ1) is 12.1. The van der Waals surface area contributed by atoms with Crippen LogP contribution >= 0.6 is 0 Å². The molecule has 0 spiro atoms. The Morgan fingerprint density at radius 2 is 1.42 bits per heavy atom. The molecule has 0 unspecified atom stereocenters. The van der Waals surface area contributed by atoms with Crippen LogP contribution in [-0.2, 0) is 10.8 Å². The first kappa shape index (κ1) is 16.8. The highest BCUT2D eigenvalue weighted by molar-refractivity contribution is 5.92. The van der Waals surface area contributed by atoms with Crippen LogP contribution in [0.15, 0.2) is 30.6 Å². The van der Waals surface area contributed by atoms with Crippen molar-refractivity contribution in [3.8, 4) is 11.4 Å². The minimum Gasteiger partial charge on any atom is -0.341 e. The van der Waals surface area contributed by atoms with Crippen LogP contribution in [0.2, 0.25) is 0 Å². The maximum Gasteiger partial charge on any atom is 0.140 e. The molecule has 0 aliphatic heterocycles. The molecule has 0 atom stereocenters. The molecule has 4 rings (SSSR count). The van der Waals surface area contributed by atoms with Crippen molar-refractivity contribution < 1.29 is 0 Å². The van der Waals surface area contributed by atoms with Gasteiger partial charge in [0.2, 0.25) is 0 Å². The largest absolute Gasteiger partial charge is 0.341 e. The first-order valence-corrected chi connectivity index (χ1v) is 8.97. The van der Waals surface area contributed by atoms with Crippen molar-refractivity contribution in [2.75, 3.05) is 0 Å². The SMILES string of the molecule is CC(C)(C)c1cncc(-c2nc3cc4nc(C(C)(C)C)[nH]c4cc3[nH]2)c1. The summed E-state index contributed by atoms with van der Waals surface area (Å²) in [6.45, 7) is 13.0. The normalized spacial score (nSPS) is 13.0. The van der Waals surface area contributed by atoms with Gasteiger partial charge in [-0.1, -0.05) is 41.5 Å². The molecule has 4 aromatic rings. The molecule has 0 aliphatic rings. The van der Waals surface area contributed by atoms with Crippen LogP contribution in [0.5, 0.6) is 0 Å². The van der Waals surface area contributed by atoms with E-state index in [2.05, 4.69) is 68.6 Å². The number of nitrogens with zero attached hydrogens (tertiary/aromatic N) is 3. The second-order valence-electron chi connectivity index (χ2n) is 9.02. The molecule has 0 aliphatic carbocycles. The molecule has 134 valence electrons. The molecule has 0 radical (unpaired) electrons. The van der Waals surface area contributed by atoms with E-state index in [0.29, 0.717) is 0 Å². The van der Waals surface area contributed by atoms with E-state index in [1.165, 1.54) is 5.56 Å². The Labute approximate surface area is 153 Å². The van der Waals surface area contributed by atoms with Crippen LogP contribution in [0.4, 0.5) is 0 Å². The lowest BCUT2D eigenvalue weighted by Crippen LogP contribution is -2.12. The Morgan fingerprint density at radius 3 is 2.12 bits per heavy atom. The van der Waals surface area contributed by atoms with Gasteiger partial charge in [-0.25, -0.2) is 9.97 Å². The molecule has 0 fully saturated rings. The number of H-pyrrole nitrogens is 2. The van der Waals surface area contributed by atoms with Crippen molar-refractivity contribution in [1.82, 2.24) is 24.9 Å². The summed E-state index contributed by atoms with van der Waals surface area (Å²) < 4.78 is 0. The van der Waals surface area contributed by atoms with Gasteiger partial charge in [0.1, 0.15) is 11.6 Å². The van der Waals surface area contributed by atoms with E-state index in [9.17, 15) is 0 Å². The fraction of sp³-hybridized carbons (Fsp3) is 0.381. The van der Waals surface area contributed by atoms with Gasteiger partial charge in [0.05, 0.1) is 22.1 Å². The number of hydrogen-bond acceptors (Lipinski definition) is 3. The van der Waals surface area contributed by atoms with Gasteiger partial charge >= 0.3 is 0 Å². The minimum absolute atomic E-state index is 0.00954. The molecule has 5 nitrogen and oxygen atoms in total. The topological polar surface area (TPSA) is 70.2 Å². The molecular formula is C21H25N5. The molecule has 26 heavy (non-hydrogen) atoms. The quantitative estimate of drug-likeness (QED) is 0.503. The molecular weight excluding hydrogens is 322 g/mol. The number of hydrogen-bond donors (Lipinski definition) is 2. The van der Waals surface area contributed by atoms with E-state index in [4.69, 9.17) is 9.97 Å². The maximum atomic E-state index is 4.78. The second-order valence-corrected chi connectivity index (χ2v) is 9.02. The van der Waals surface area contributed by atoms with Crippen LogP contribution < -0.4 is 0 Å². The van der Waals surface area contributed by atoms with Crippen LogP contribution in [0.25, 0.3) is 33.5 Å². The summed E-state index contributed by atoms with van der Waals surface area (Å²) >= 11 is 0. The third-order valence-electron chi connectivity index (χ3n) is 4.67. The lowest BCUT2D eigenvalue weighted by Gasteiger charge is -2.18. The Morgan fingerprint density at radius 1 is 0.731 bits per heavy atom. The highest BCUT2D eigenvalue weighted by atomic mass is 15.0. The molecule has 3 aromatic heterocycles. The van der Waals surface area contributed by atoms with E-state index in [0.717, 1.165) is 39.3 Å². The van der Waals surface area contributed by atoms with E-state index < -0.39 is 0 Å². The molecule has 2 N–H and O–H groups in total. The second kappa shape index (κ2) is 5.40. The zero-order valence-electron chi connectivity index (χ0n) is 16.2. The third-order valence-corrected chi connectivity index (χ3v) is 4.67. The summed E-state index contributed by atoms with van der Waals surface area (Å²) in [4.78, 5) is 20.8. The fourth-order valence-electron chi connectivity index (χ4n) is 2.99. The van der Waals surface area contributed by atoms with Crippen LogP contribution in [-0.4, -0.2) is 24.9 Å². The zero-order chi connectivity index (χ0) is 18.7. The average molecular weight is 347 g/mol. The molecule has 0 saturated carbocycles. The fourth-order valence-corrected chi connectivity index (χ4v) is 2.99. The number of pyridine rings is 1. The lowest BCUT2D eigenvalue weighted by atomic mass is 9.87. The summed E-state index contributed by atoms with van der Waals surface area (Å²) in [5.41, 5.74) is 6.13. The van der Waals surface area contributed by atoms with E-state index >= 15 is 0 Å². The van der Waals surface area contributed by atoms with Crippen molar-refractivity contribution in [1.29, 1.82) is 0 Å². The van der Waals surface area contributed by atoms with Crippen molar-refractivity contribution in [3.05, 3.63) is 42.0 Å². The van der Waals surface area contributed by atoms with Gasteiger partial charge in [-0.15, -0.1) is 0 Å². The van der Waals surface area contributed by atoms with Crippen molar-refractivity contribution >= 4 is 22.1 Å².